The molecule has 0 aliphatic heterocycles. The van der Waals surface area contributed by atoms with Crippen molar-refractivity contribution in [2.45, 2.75) is 52.4 Å². The minimum absolute atomic E-state index is 0.0187. The number of benzene rings is 1. The standard InChI is InChI=1S/C15H24N2O/c1-14(2,3)11-7-10(9-17-16)13(18)12(8-11)15(4,5)6/h7-9,18H,16H2,1-6H3/b17-9+. The van der Waals surface area contributed by atoms with Gasteiger partial charge in [-0.25, -0.2) is 0 Å². The molecule has 0 atom stereocenters. The summed E-state index contributed by atoms with van der Waals surface area (Å²) in [6.07, 6.45) is 1.50. The quantitative estimate of drug-likeness (QED) is 0.455. The van der Waals surface area contributed by atoms with Crippen LogP contribution in [0.15, 0.2) is 17.2 Å². The lowest BCUT2D eigenvalue weighted by molar-refractivity contribution is 0.444. The molecule has 1 rings (SSSR count). The van der Waals surface area contributed by atoms with Crippen molar-refractivity contribution < 1.29 is 5.11 Å². The van der Waals surface area contributed by atoms with Gasteiger partial charge in [-0.05, 0) is 22.5 Å². The van der Waals surface area contributed by atoms with Gasteiger partial charge in [0.25, 0.3) is 0 Å². The second-order valence-corrected chi connectivity index (χ2v) is 6.74. The number of hydrazone groups is 1. The average Bonchev–Trinajstić information content (AvgIpc) is 2.17. The first-order valence-corrected chi connectivity index (χ1v) is 6.18. The molecule has 3 nitrogen and oxygen atoms in total. The molecule has 3 heteroatoms. The Morgan fingerprint density at radius 1 is 1.06 bits per heavy atom. The summed E-state index contributed by atoms with van der Waals surface area (Å²) < 4.78 is 0. The fraction of sp³-hybridized carbons (Fsp3) is 0.533. The molecule has 0 aromatic heterocycles. The first kappa shape index (κ1) is 14.6. The highest BCUT2D eigenvalue weighted by atomic mass is 16.3. The fourth-order valence-electron chi connectivity index (χ4n) is 1.84. The van der Waals surface area contributed by atoms with E-state index in [4.69, 9.17) is 5.84 Å². The average molecular weight is 248 g/mol. The van der Waals surface area contributed by atoms with Crippen molar-refractivity contribution in [1.29, 1.82) is 0 Å². The van der Waals surface area contributed by atoms with Crippen LogP contribution in [0.4, 0.5) is 0 Å². The molecule has 0 radical (unpaired) electrons. The molecule has 100 valence electrons. The molecular formula is C15H24N2O. The van der Waals surface area contributed by atoms with Crippen LogP contribution >= 0.6 is 0 Å². The van der Waals surface area contributed by atoms with E-state index in [1.165, 1.54) is 11.8 Å². The zero-order valence-electron chi connectivity index (χ0n) is 12.2. The van der Waals surface area contributed by atoms with Crippen LogP contribution in [0.25, 0.3) is 0 Å². The summed E-state index contributed by atoms with van der Waals surface area (Å²) in [6.45, 7) is 12.7. The second-order valence-electron chi connectivity index (χ2n) is 6.74. The van der Waals surface area contributed by atoms with Crippen LogP contribution in [0, 0.1) is 0 Å². The van der Waals surface area contributed by atoms with Crippen LogP contribution < -0.4 is 5.84 Å². The van der Waals surface area contributed by atoms with Crippen LogP contribution in [-0.4, -0.2) is 11.3 Å². The molecule has 0 saturated carbocycles. The Balaban J connectivity index is 3.57. The number of nitrogens with zero attached hydrogens (tertiary/aromatic N) is 1. The molecule has 0 bridgehead atoms. The normalized spacial score (nSPS) is 13.2. The van der Waals surface area contributed by atoms with Crippen LogP contribution in [0.2, 0.25) is 0 Å². The van der Waals surface area contributed by atoms with Gasteiger partial charge in [0, 0.05) is 11.1 Å². The Labute approximate surface area is 110 Å². The lowest BCUT2D eigenvalue weighted by Gasteiger charge is -2.26. The van der Waals surface area contributed by atoms with Crippen molar-refractivity contribution in [2.24, 2.45) is 10.9 Å². The third-order valence-electron chi connectivity index (χ3n) is 3.03. The zero-order chi connectivity index (χ0) is 14.1. The Hall–Kier alpha value is -1.51. The largest absolute Gasteiger partial charge is 0.507 e. The first-order chi connectivity index (χ1) is 8.07. The molecule has 0 aliphatic rings. The van der Waals surface area contributed by atoms with Crippen LogP contribution in [0.1, 0.15) is 58.2 Å². The monoisotopic (exact) mass is 248 g/mol. The van der Waals surface area contributed by atoms with E-state index in [-0.39, 0.29) is 16.6 Å². The maximum absolute atomic E-state index is 10.3. The number of aromatic hydroxyl groups is 1. The summed E-state index contributed by atoms with van der Waals surface area (Å²) in [5, 5.41) is 13.8. The molecule has 3 N–H and O–H groups in total. The van der Waals surface area contributed by atoms with Gasteiger partial charge >= 0.3 is 0 Å². The molecule has 1 aromatic rings. The highest BCUT2D eigenvalue weighted by molar-refractivity contribution is 5.84. The van der Waals surface area contributed by atoms with Gasteiger partial charge in [-0.2, -0.15) is 5.10 Å². The Morgan fingerprint density at radius 3 is 2.00 bits per heavy atom. The van der Waals surface area contributed by atoms with Gasteiger partial charge in [0.15, 0.2) is 0 Å². The molecule has 0 fully saturated rings. The van der Waals surface area contributed by atoms with E-state index in [9.17, 15) is 5.11 Å². The predicted molar refractivity (Wildman–Crippen MR) is 77.3 cm³/mol. The number of nitrogens with two attached hydrogens (primary N) is 1. The smallest absolute Gasteiger partial charge is 0.128 e. The molecule has 0 unspecified atom stereocenters. The highest BCUT2D eigenvalue weighted by Gasteiger charge is 2.24. The second kappa shape index (κ2) is 4.63. The van der Waals surface area contributed by atoms with Gasteiger partial charge in [-0.15, -0.1) is 0 Å². The predicted octanol–water partition coefficient (Wildman–Crippen LogP) is 3.28. The lowest BCUT2D eigenvalue weighted by atomic mass is 9.79. The highest BCUT2D eigenvalue weighted by Crippen LogP contribution is 2.36. The minimum atomic E-state index is -0.122. The maximum atomic E-state index is 10.3. The van der Waals surface area contributed by atoms with Gasteiger partial charge in [-0.3, -0.25) is 0 Å². The number of rotatable bonds is 1. The van der Waals surface area contributed by atoms with Crippen molar-refractivity contribution in [2.75, 3.05) is 0 Å². The molecular weight excluding hydrogens is 224 g/mol. The van der Waals surface area contributed by atoms with Crippen molar-refractivity contribution in [3.8, 4) is 5.75 Å². The summed E-state index contributed by atoms with van der Waals surface area (Å²) in [5.41, 5.74) is 2.66. The van der Waals surface area contributed by atoms with E-state index >= 15 is 0 Å². The molecule has 0 saturated heterocycles. The van der Waals surface area contributed by atoms with Crippen molar-refractivity contribution in [3.63, 3.8) is 0 Å². The van der Waals surface area contributed by atoms with Gasteiger partial charge in [0.1, 0.15) is 5.75 Å². The Bertz CT molecular complexity index is 463. The topological polar surface area (TPSA) is 58.6 Å². The Morgan fingerprint density at radius 2 is 1.61 bits per heavy atom. The molecule has 0 spiro atoms. The van der Waals surface area contributed by atoms with Crippen LogP contribution in [-0.2, 0) is 10.8 Å². The molecule has 18 heavy (non-hydrogen) atoms. The minimum Gasteiger partial charge on any atom is -0.507 e. The fourth-order valence-corrected chi connectivity index (χ4v) is 1.84. The van der Waals surface area contributed by atoms with Crippen molar-refractivity contribution in [3.05, 3.63) is 28.8 Å². The van der Waals surface area contributed by atoms with Gasteiger partial charge in [0.05, 0.1) is 6.21 Å². The van der Waals surface area contributed by atoms with Crippen molar-refractivity contribution >= 4 is 6.21 Å². The summed E-state index contributed by atoms with van der Waals surface area (Å²) in [4.78, 5) is 0. The summed E-state index contributed by atoms with van der Waals surface area (Å²) in [5.74, 6) is 5.47. The zero-order valence-corrected chi connectivity index (χ0v) is 12.2. The molecule has 0 heterocycles. The molecule has 1 aromatic carbocycles. The maximum Gasteiger partial charge on any atom is 0.128 e. The summed E-state index contributed by atoms with van der Waals surface area (Å²) in [7, 11) is 0. The Kier molecular flexibility index (Phi) is 3.75. The lowest BCUT2D eigenvalue weighted by Crippen LogP contribution is -2.17. The van der Waals surface area contributed by atoms with Gasteiger partial charge < -0.3 is 10.9 Å². The number of phenols is 1. The van der Waals surface area contributed by atoms with E-state index < -0.39 is 0 Å². The number of hydrogen-bond donors (Lipinski definition) is 2. The van der Waals surface area contributed by atoms with E-state index in [0.717, 1.165) is 5.56 Å². The first-order valence-electron chi connectivity index (χ1n) is 6.18. The van der Waals surface area contributed by atoms with Gasteiger partial charge in [-0.1, -0.05) is 47.6 Å². The number of hydrogen-bond acceptors (Lipinski definition) is 3. The van der Waals surface area contributed by atoms with Crippen LogP contribution in [0.3, 0.4) is 0 Å². The van der Waals surface area contributed by atoms with Crippen molar-refractivity contribution in [1.82, 2.24) is 0 Å². The third-order valence-corrected chi connectivity index (χ3v) is 3.03. The number of phenolic OH excluding ortho intramolecular Hbond substituents is 1. The van der Waals surface area contributed by atoms with E-state index in [0.29, 0.717) is 5.56 Å². The summed E-state index contributed by atoms with van der Waals surface area (Å²) >= 11 is 0. The molecule has 0 amide bonds. The van der Waals surface area contributed by atoms with E-state index in [1.807, 2.05) is 6.07 Å². The van der Waals surface area contributed by atoms with Gasteiger partial charge in [0.2, 0.25) is 0 Å². The third kappa shape index (κ3) is 3.03. The van der Waals surface area contributed by atoms with E-state index in [2.05, 4.69) is 52.7 Å². The van der Waals surface area contributed by atoms with E-state index in [1.54, 1.807) is 0 Å². The molecule has 0 aliphatic carbocycles. The summed E-state index contributed by atoms with van der Waals surface area (Å²) in [6, 6.07) is 4.02. The SMILES string of the molecule is CC(C)(C)c1cc(/C=N/N)c(O)c(C(C)(C)C)c1. The van der Waals surface area contributed by atoms with Crippen LogP contribution in [0.5, 0.6) is 5.75 Å².